The number of fused-ring (bicyclic) bond motifs is 1. The number of nitriles is 1. The molecule has 2 saturated heterocycles. The predicted molar refractivity (Wildman–Crippen MR) is 129 cm³/mol. The number of pyridine rings is 1. The predicted octanol–water partition coefficient (Wildman–Crippen LogP) is 2.86. The van der Waals surface area contributed by atoms with Gasteiger partial charge in [-0.15, -0.1) is 0 Å². The molecule has 8 nitrogen and oxygen atoms in total. The monoisotopic (exact) mass is 457 g/mol. The van der Waals surface area contributed by atoms with Gasteiger partial charge in [0.25, 0.3) is 0 Å². The molecule has 3 aromatic rings. The van der Waals surface area contributed by atoms with E-state index in [9.17, 15) is 15.2 Å². The minimum absolute atomic E-state index is 0.00474. The first kappa shape index (κ1) is 22.0. The van der Waals surface area contributed by atoms with E-state index in [1.165, 1.54) is 6.08 Å². The molecule has 2 fully saturated rings. The Kier molecular flexibility index (Phi) is 5.10. The fourth-order valence-corrected chi connectivity index (χ4v) is 4.78. The van der Waals surface area contributed by atoms with Crippen LogP contribution in [0.3, 0.4) is 0 Å². The lowest BCUT2D eigenvalue weighted by Gasteiger charge is -2.60. The van der Waals surface area contributed by atoms with Crippen molar-refractivity contribution in [3.8, 4) is 22.9 Å². The molecule has 0 aliphatic carbocycles. The maximum Gasteiger partial charge on any atom is 0.245 e. The van der Waals surface area contributed by atoms with Gasteiger partial charge in [0.1, 0.15) is 18.4 Å². The number of amides is 1. The van der Waals surface area contributed by atoms with E-state index in [1.54, 1.807) is 30.8 Å². The topological polar surface area (TPSA) is 94.1 Å². The molecule has 1 spiro atoms. The lowest BCUT2D eigenvalue weighted by atomic mass is 9.72. The van der Waals surface area contributed by atoms with E-state index in [-0.39, 0.29) is 17.9 Å². The van der Waals surface area contributed by atoms with Gasteiger partial charge in [-0.05, 0) is 43.7 Å². The van der Waals surface area contributed by atoms with Crippen LogP contribution in [0.4, 0.5) is 5.69 Å². The number of likely N-dealkylation sites (tertiary alicyclic amines) is 1. The molecule has 0 unspecified atom stereocenters. The number of ether oxygens (including phenoxy) is 1. The second-order valence-electron chi connectivity index (χ2n) is 9.96. The molecule has 8 heteroatoms. The van der Waals surface area contributed by atoms with E-state index in [4.69, 9.17) is 4.74 Å². The van der Waals surface area contributed by atoms with Crippen molar-refractivity contribution in [2.45, 2.75) is 19.4 Å². The average molecular weight is 458 g/mol. The summed E-state index contributed by atoms with van der Waals surface area (Å²) in [5.41, 5.74) is 3.35. The highest BCUT2D eigenvalue weighted by molar-refractivity contribution is 5.88. The summed E-state index contributed by atoms with van der Waals surface area (Å²) in [6.07, 6.45) is 4.64. The number of hydrogen-bond donors (Lipinski definition) is 1. The zero-order chi connectivity index (χ0) is 24.1. The molecule has 0 atom stereocenters. The van der Waals surface area contributed by atoms with Crippen molar-refractivity contribution >= 4 is 17.1 Å². The first-order valence-electron chi connectivity index (χ1n) is 11.2. The van der Waals surface area contributed by atoms with E-state index in [0.29, 0.717) is 11.3 Å². The van der Waals surface area contributed by atoms with Crippen LogP contribution >= 0.6 is 0 Å². The smallest absolute Gasteiger partial charge is 0.245 e. The molecule has 1 amide bonds. The molecule has 5 rings (SSSR count). The number of anilines is 1. The molecule has 2 aromatic heterocycles. The summed E-state index contributed by atoms with van der Waals surface area (Å²) in [5, 5.41) is 23.9. The number of aromatic nitrogens is 2. The van der Waals surface area contributed by atoms with Gasteiger partial charge in [-0.25, -0.2) is 4.52 Å². The van der Waals surface area contributed by atoms with Crippen molar-refractivity contribution in [2.75, 3.05) is 37.7 Å². The van der Waals surface area contributed by atoms with E-state index in [1.807, 2.05) is 23.1 Å². The Labute approximate surface area is 198 Å². The summed E-state index contributed by atoms with van der Waals surface area (Å²) in [7, 11) is 0. The van der Waals surface area contributed by atoms with Crippen molar-refractivity contribution in [3.63, 3.8) is 0 Å². The van der Waals surface area contributed by atoms with Crippen molar-refractivity contribution < 1.29 is 14.6 Å². The van der Waals surface area contributed by atoms with Crippen LogP contribution in [0.25, 0.3) is 16.6 Å². The number of carbonyl (C=O) groups is 1. The van der Waals surface area contributed by atoms with Crippen LogP contribution in [0.5, 0.6) is 5.75 Å². The van der Waals surface area contributed by atoms with Gasteiger partial charge in [0, 0.05) is 42.8 Å². The Morgan fingerprint density at radius 2 is 2.00 bits per heavy atom. The normalized spacial score (nSPS) is 16.6. The lowest BCUT2D eigenvalue weighted by Crippen LogP contribution is -2.73. The zero-order valence-electron chi connectivity index (χ0n) is 19.4. The summed E-state index contributed by atoms with van der Waals surface area (Å²) in [6, 6.07) is 12.3. The highest BCUT2D eigenvalue weighted by Crippen LogP contribution is 2.42. The summed E-state index contributed by atoms with van der Waals surface area (Å²) in [6.45, 7) is 10.5. The number of benzene rings is 1. The molecule has 1 aromatic carbocycles. The fraction of sp³-hybridized carbons (Fsp3) is 0.346. The average Bonchev–Trinajstić information content (AvgIpc) is 3.18. The third-order valence-corrected chi connectivity index (χ3v) is 6.43. The van der Waals surface area contributed by atoms with Gasteiger partial charge in [0.2, 0.25) is 5.91 Å². The summed E-state index contributed by atoms with van der Waals surface area (Å²) >= 11 is 0. The summed E-state index contributed by atoms with van der Waals surface area (Å²) < 4.78 is 7.46. The fourth-order valence-electron chi connectivity index (χ4n) is 4.78. The van der Waals surface area contributed by atoms with E-state index >= 15 is 0 Å². The zero-order valence-corrected chi connectivity index (χ0v) is 19.4. The van der Waals surface area contributed by atoms with Gasteiger partial charge in [0.05, 0.1) is 29.1 Å². The maximum absolute atomic E-state index is 11.7. The SMILES string of the molecule is C=CC(=O)N1CC2(C1)CN(c1ccc(-c3cc(OCC(C)(C)O)cn4ncc(C#N)c34)cc1)C2. The molecular formula is C26H27N5O3. The standard InChI is InChI=1S/C26H27N5O3/c1-4-23(32)30-15-26(16-30)13-29(14-26)20-7-5-18(6-8-20)22-9-21(34-17-25(2,3)33)12-31-24(22)19(10-27)11-28-31/h4-9,11-12,33H,1,13-17H2,2-3H3. The van der Waals surface area contributed by atoms with Gasteiger partial charge in [-0.1, -0.05) is 18.7 Å². The van der Waals surface area contributed by atoms with Gasteiger partial charge in [0.15, 0.2) is 0 Å². The van der Waals surface area contributed by atoms with Gasteiger partial charge in [-0.3, -0.25) is 4.79 Å². The highest BCUT2D eigenvalue weighted by Gasteiger charge is 2.52. The second kappa shape index (κ2) is 7.89. The van der Waals surface area contributed by atoms with Crippen LogP contribution in [-0.2, 0) is 4.79 Å². The molecule has 2 aliphatic rings. The van der Waals surface area contributed by atoms with Crippen molar-refractivity contribution in [1.29, 1.82) is 5.26 Å². The third kappa shape index (κ3) is 3.88. The minimum atomic E-state index is -0.969. The minimum Gasteiger partial charge on any atom is -0.489 e. The molecule has 0 radical (unpaired) electrons. The third-order valence-electron chi connectivity index (χ3n) is 6.43. The molecule has 34 heavy (non-hydrogen) atoms. The number of carbonyl (C=O) groups excluding carboxylic acids is 1. The quantitative estimate of drug-likeness (QED) is 0.572. The van der Waals surface area contributed by atoms with Crippen molar-refractivity contribution in [3.05, 3.63) is 60.9 Å². The molecule has 2 aliphatic heterocycles. The molecule has 0 saturated carbocycles. The Bertz CT molecular complexity index is 1300. The van der Waals surface area contributed by atoms with Crippen LogP contribution in [0, 0.1) is 16.7 Å². The van der Waals surface area contributed by atoms with Crippen molar-refractivity contribution in [2.24, 2.45) is 5.41 Å². The van der Waals surface area contributed by atoms with E-state index in [0.717, 1.165) is 48.5 Å². The van der Waals surface area contributed by atoms with Crippen molar-refractivity contribution in [1.82, 2.24) is 14.5 Å². The molecule has 4 heterocycles. The molecule has 174 valence electrons. The maximum atomic E-state index is 11.7. The van der Waals surface area contributed by atoms with Gasteiger partial charge < -0.3 is 19.6 Å². The highest BCUT2D eigenvalue weighted by atomic mass is 16.5. The summed E-state index contributed by atoms with van der Waals surface area (Å²) in [5.74, 6) is 0.569. The van der Waals surface area contributed by atoms with Gasteiger partial charge in [-0.2, -0.15) is 10.4 Å². The number of rotatable bonds is 6. The first-order chi connectivity index (χ1) is 16.2. The Morgan fingerprint density at radius 1 is 1.29 bits per heavy atom. The van der Waals surface area contributed by atoms with Crippen LogP contribution in [0.2, 0.25) is 0 Å². The molecular weight excluding hydrogens is 430 g/mol. The summed E-state index contributed by atoms with van der Waals surface area (Å²) in [4.78, 5) is 15.9. The number of aliphatic hydroxyl groups is 1. The van der Waals surface area contributed by atoms with Crippen LogP contribution in [0.1, 0.15) is 19.4 Å². The number of hydrogen-bond acceptors (Lipinski definition) is 6. The lowest BCUT2D eigenvalue weighted by molar-refractivity contribution is -0.139. The second-order valence-corrected chi connectivity index (χ2v) is 9.96. The van der Waals surface area contributed by atoms with Crippen LogP contribution < -0.4 is 9.64 Å². The Balaban J connectivity index is 1.37. The molecule has 1 N–H and O–H groups in total. The van der Waals surface area contributed by atoms with Gasteiger partial charge >= 0.3 is 0 Å². The Morgan fingerprint density at radius 3 is 2.62 bits per heavy atom. The number of nitrogens with zero attached hydrogens (tertiary/aromatic N) is 5. The largest absolute Gasteiger partial charge is 0.489 e. The Hall–Kier alpha value is -3.83. The van der Waals surface area contributed by atoms with Crippen LogP contribution in [0.15, 0.2) is 55.4 Å². The molecule has 0 bridgehead atoms. The van der Waals surface area contributed by atoms with Crippen LogP contribution in [-0.4, -0.2) is 63.9 Å². The first-order valence-corrected chi connectivity index (χ1v) is 11.2. The van der Waals surface area contributed by atoms with E-state index in [2.05, 4.69) is 34.8 Å². The van der Waals surface area contributed by atoms with E-state index < -0.39 is 5.60 Å².